The molecule has 0 aliphatic heterocycles. The molecule has 0 aliphatic carbocycles. The van der Waals surface area contributed by atoms with Gasteiger partial charge in [0.25, 0.3) is 0 Å². The van der Waals surface area contributed by atoms with Gasteiger partial charge in [-0.05, 0) is 26.3 Å². The lowest BCUT2D eigenvalue weighted by Crippen LogP contribution is -2.14. The summed E-state index contributed by atoms with van der Waals surface area (Å²) in [5, 5.41) is 12.1. The van der Waals surface area contributed by atoms with Crippen molar-refractivity contribution in [3.8, 4) is 0 Å². The maximum Gasteiger partial charge on any atom is 0.172 e. The Labute approximate surface area is 111 Å². The molecule has 0 saturated carbocycles. The van der Waals surface area contributed by atoms with E-state index in [1.807, 2.05) is 20.8 Å². The van der Waals surface area contributed by atoms with E-state index >= 15 is 0 Å². The highest BCUT2D eigenvalue weighted by Gasteiger charge is 2.16. The molecule has 0 saturated heterocycles. The molecule has 0 atom stereocenters. The van der Waals surface area contributed by atoms with Crippen LogP contribution in [0.1, 0.15) is 41.4 Å². The molecule has 0 aliphatic rings. The van der Waals surface area contributed by atoms with Crippen molar-refractivity contribution in [1.82, 2.24) is 25.0 Å². The van der Waals surface area contributed by atoms with Gasteiger partial charge in [0, 0.05) is 12.1 Å². The van der Waals surface area contributed by atoms with Crippen LogP contribution in [0.5, 0.6) is 0 Å². The van der Waals surface area contributed by atoms with E-state index in [-0.39, 0.29) is 12.2 Å². The largest absolute Gasteiger partial charge is 0.294 e. The molecular formula is C13H17N5O. The zero-order chi connectivity index (χ0) is 13.8. The van der Waals surface area contributed by atoms with Crippen LogP contribution in [0.25, 0.3) is 0 Å². The predicted octanol–water partition coefficient (Wildman–Crippen LogP) is 1.38. The van der Waals surface area contributed by atoms with Crippen LogP contribution in [-0.4, -0.2) is 30.7 Å². The quantitative estimate of drug-likeness (QED) is 0.758. The number of aromatic nitrogens is 5. The zero-order valence-electron chi connectivity index (χ0n) is 11.4. The standard InChI is InChI=1S/C13H17N5O/c1-4-11-10(6-9(3)16-17-11)12(19)7-13-14-8-15-18(13)5-2/h6,8H,4-5,7H2,1-3H3. The van der Waals surface area contributed by atoms with E-state index in [1.54, 1.807) is 10.7 Å². The minimum absolute atomic E-state index is 0.0116. The monoisotopic (exact) mass is 259 g/mol. The Balaban J connectivity index is 2.27. The summed E-state index contributed by atoms with van der Waals surface area (Å²) >= 11 is 0. The lowest BCUT2D eigenvalue weighted by Gasteiger charge is -2.06. The zero-order valence-corrected chi connectivity index (χ0v) is 11.4. The molecule has 0 radical (unpaired) electrons. The van der Waals surface area contributed by atoms with Crippen molar-refractivity contribution >= 4 is 5.78 Å². The van der Waals surface area contributed by atoms with E-state index in [0.717, 1.165) is 11.4 Å². The SMILES string of the molecule is CCc1nnc(C)cc1C(=O)Cc1ncnn1CC. The molecule has 2 aromatic rings. The van der Waals surface area contributed by atoms with E-state index in [0.29, 0.717) is 24.4 Å². The minimum atomic E-state index is 0.0116. The van der Waals surface area contributed by atoms with Gasteiger partial charge in [0.05, 0.1) is 17.8 Å². The molecule has 2 heterocycles. The van der Waals surface area contributed by atoms with E-state index in [1.165, 1.54) is 6.33 Å². The Bertz CT molecular complexity index is 590. The number of hydrogen-bond acceptors (Lipinski definition) is 5. The highest BCUT2D eigenvalue weighted by atomic mass is 16.1. The van der Waals surface area contributed by atoms with Crippen LogP contribution in [-0.2, 0) is 19.4 Å². The molecular weight excluding hydrogens is 242 g/mol. The van der Waals surface area contributed by atoms with Gasteiger partial charge in [0.15, 0.2) is 5.78 Å². The van der Waals surface area contributed by atoms with Gasteiger partial charge in [0.1, 0.15) is 12.2 Å². The van der Waals surface area contributed by atoms with Gasteiger partial charge >= 0.3 is 0 Å². The molecule has 6 nitrogen and oxygen atoms in total. The normalized spacial score (nSPS) is 10.7. The smallest absolute Gasteiger partial charge is 0.172 e. The number of aryl methyl sites for hydroxylation is 3. The van der Waals surface area contributed by atoms with Crippen molar-refractivity contribution in [3.05, 3.63) is 35.2 Å². The number of carbonyl (C=O) groups excluding carboxylic acids is 1. The molecule has 0 N–H and O–H groups in total. The Hall–Kier alpha value is -2.11. The van der Waals surface area contributed by atoms with Crippen LogP contribution in [0.15, 0.2) is 12.4 Å². The van der Waals surface area contributed by atoms with E-state index in [4.69, 9.17) is 0 Å². The number of nitrogens with zero attached hydrogens (tertiary/aromatic N) is 5. The minimum Gasteiger partial charge on any atom is -0.294 e. The lowest BCUT2D eigenvalue weighted by atomic mass is 10.0. The first-order valence-corrected chi connectivity index (χ1v) is 6.38. The summed E-state index contributed by atoms with van der Waals surface area (Å²) in [6.45, 7) is 6.47. The molecule has 0 aromatic carbocycles. The fourth-order valence-electron chi connectivity index (χ4n) is 1.94. The summed E-state index contributed by atoms with van der Waals surface area (Å²) in [6, 6.07) is 1.79. The second-order valence-corrected chi connectivity index (χ2v) is 4.29. The molecule has 0 spiro atoms. The molecule has 2 rings (SSSR count). The van der Waals surface area contributed by atoms with E-state index < -0.39 is 0 Å². The van der Waals surface area contributed by atoms with Gasteiger partial charge in [-0.2, -0.15) is 15.3 Å². The molecule has 6 heteroatoms. The fraction of sp³-hybridized carbons (Fsp3) is 0.462. The molecule has 2 aromatic heterocycles. The van der Waals surface area contributed by atoms with Crippen molar-refractivity contribution in [2.45, 2.75) is 40.2 Å². The summed E-state index contributed by atoms with van der Waals surface area (Å²) in [6.07, 6.45) is 2.41. The highest BCUT2D eigenvalue weighted by molar-refractivity contribution is 5.98. The topological polar surface area (TPSA) is 73.6 Å². The average molecular weight is 259 g/mol. The first kappa shape index (κ1) is 13.3. The highest BCUT2D eigenvalue weighted by Crippen LogP contribution is 2.11. The third-order valence-corrected chi connectivity index (χ3v) is 2.94. The number of rotatable bonds is 5. The van der Waals surface area contributed by atoms with Crippen molar-refractivity contribution in [2.24, 2.45) is 0 Å². The van der Waals surface area contributed by atoms with Gasteiger partial charge in [-0.25, -0.2) is 9.67 Å². The van der Waals surface area contributed by atoms with Crippen molar-refractivity contribution in [2.75, 3.05) is 0 Å². The maximum atomic E-state index is 12.4. The molecule has 0 unspecified atom stereocenters. The van der Waals surface area contributed by atoms with E-state index in [2.05, 4.69) is 20.3 Å². The average Bonchev–Trinajstić information content (AvgIpc) is 2.85. The van der Waals surface area contributed by atoms with Crippen LogP contribution in [0.3, 0.4) is 0 Å². The van der Waals surface area contributed by atoms with Gasteiger partial charge in [-0.15, -0.1) is 0 Å². The lowest BCUT2D eigenvalue weighted by molar-refractivity contribution is 0.0987. The van der Waals surface area contributed by atoms with Crippen molar-refractivity contribution in [1.29, 1.82) is 0 Å². The van der Waals surface area contributed by atoms with Crippen LogP contribution in [0, 0.1) is 6.92 Å². The number of carbonyl (C=O) groups is 1. The molecule has 0 fully saturated rings. The second kappa shape index (κ2) is 5.69. The molecule has 19 heavy (non-hydrogen) atoms. The first-order chi connectivity index (χ1) is 9.15. The van der Waals surface area contributed by atoms with Crippen molar-refractivity contribution < 1.29 is 4.79 Å². The Morgan fingerprint density at radius 2 is 2.11 bits per heavy atom. The van der Waals surface area contributed by atoms with Gasteiger partial charge in [-0.3, -0.25) is 4.79 Å². The predicted molar refractivity (Wildman–Crippen MR) is 69.9 cm³/mol. The molecule has 0 bridgehead atoms. The van der Waals surface area contributed by atoms with Crippen LogP contribution < -0.4 is 0 Å². The van der Waals surface area contributed by atoms with Gasteiger partial charge in [-0.1, -0.05) is 6.92 Å². The van der Waals surface area contributed by atoms with Crippen molar-refractivity contribution in [3.63, 3.8) is 0 Å². The molecule has 0 amide bonds. The Kier molecular flexibility index (Phi) is 3.99. The van der Waals surface area contributed by atoms with Crippen LogP contribution in [0.4, 0.5) is 0 Å². The Morgan fingerprint density at radius 1 is 1.32 bits per heavy atom. The van der Waals surface area contributed by atoms with Gasteiger partial charge < -0.3 is 0 Å². The summed E-state index contributed by atoms with van der Waals surface area (Å²) in [5.41, 5.74) is 2.12. The number of Topliss-reactive ketones (excluding diaryl/α,β-unsaturated/α-hetero) is 1. The molecule has 100 valence electrons. The van der Waals surface area contributed by atoms with E-state index in [9.17, 15) is 4.79 Å². The third kappa shape index (κ3) is 2.83. The Morgan fingerprint density at radius 3 is 2.79 bits per heavy atom. The van der Waals surface area contributed by atoms with Gasteiger partial charge in [0.2, 0.25) is 0 Å². The number of ketones is 1. The second-order valence-electron chi connectivity index (χ2n) is 4.29. The van der Waals surface area contributed by atoms with Crippen LogP contribution in [0.2, 0.25) is 0 Å². The summed E-state index contributed by atoms with van der Waals surface area (Å²) in [5.74, 6) is 0.696. The summed E-state index contributed by atoms with van der Waals surface area (Å²) in [4.78, 5) is 16.5. The maximum absolute atomic E-state index is 12.4. The third-order valence-electron chi connectivity index (χ3n) is 2.94. The summed E-state index contributed by atoms with van der Waals surface area (Å²) in [7, 11) is 0. The summed E-state index contributed by atoms with van der Waals surface area (Å²) < 4.78 is 1.73. The first-order valence-electron chi connectivity index (χ1n) is 6.38. The fourth-order valence-corrected chi connectivity index (χ4v) is 1.94. The van der Waals surface area contributed by atoms with Crippen LogP contribution >= 0.6 is 0 Å². The number of hydrogen-bond donors (Lipinski definition) is 0.